The molecule has 0 unspecified atom stereocenters. The number of hydrogen-bond acceptors (Lipinski definition) is 7. The van der Waals surface area contributed by atoms with Gasteiger partial charge < -0.3 is 13.7 Å². The zero-order chi connectivity index (χ0) is 20.1. The Labute approximate surface area is 171 Å². The molecule has 0 aliphatic rings. The molecule has 3 heterocycles. The minimum Gasteiger partial charge on any atom is -0.467 e. The second-order valence-electron chi connectivity index (χ2n) is 6.25. The highest BCUT2D eigenvalue weighted by molar-refractivity contribution is 8.01. The van der Waals surface area contributed by atoms with Crippen molar-refractivity contribution in [2.24, 2.45) is 0 Å². The molecule has 0 fully saturated rings. The van der Waals surface area contributed by atoms with E-state index in [-0.39, 0.29) is 18.2 Å². The molecule has 0 spiro atoms. The van der Waals surface area contributed by atoms with E-state index in [1.807, 2.05) is 37.4 Å². The van der Waals surface area contributed by atoms with Gasteiger partial charge in [-0.05, 0) is 39.0 Å². The molecule has 0 saturated heterocycles. The van der Waals surface area contributed by atoms with Crippen molar-refractivity contribution in [1.29, 1.82) is 0 Å². The van der Waals surface area contributed by atoms with Crippen LogP contribution in [-0.2, 0) is 22.5 Å². The molecule has 0 bridgehead atoms. The summed E-state index contributed by atoms with van der Waals surface area (Å²) in [5.74, 6) is 0.930. The summed E-state index contributed by atoms with van der Waals surface area (Å²) in [7, 11) is 0. The first-order chi connectivity index (χ1) is 13.5. The van der Waals surface area contributed by atoms with Crippen molar-refractivity contribution in [3.05, 3.63) is 58.2 Å². The van der Waals surface area contributed by atoms with E-state index in [4.69, 9.17) is 9.15 Å². The molecule has 0 N–H and O–H groups in total. The Hall–Kier alpha value is -2.32. The standard InChI is InChI=1S/C20H22N2O4S2/c1-4-25-19(24)9-15-11-27-20(21-15)28-12-18(23)17-8-13(2)22(14(17)3)10-16-6-5-7-26-16/h5-8,11H,4,9-10,12H2,1-3H3. The van der Waals surface area contributed by atoms with Crippen molar-refractivity contribution >= 4 is 34.9 Å². The number of nitrogens with zero attached hydrogens (tertiary/aromatic N) is 2. The average Bonchev–Trinajstić information content (AvgIpc) is 3.38. The van der Waals surface area contributed by atoms with Crippen molar-refractivity contribution < 1.29 is 18.7 Å². The van der Waals surface area contributed by atoms with Gasteiger partial charge in [0.1, 0.15) is 5.76 Å². The van der Waals surface area contributed by atoms with Crippen LogP contribution in [0.4, 0.5) is 0 Å². The number of aryl methyl sites for hydroxylation is 1. The number of hydrogen-bond donors (Lipinski definition) is 0. The molecule has 3 aromatic rings. The van der Waals surface area contributed by atoms with Gasteiger partial charge in [0.25, 0.3) is 0 Å². The van der Waals surface area contributed by atoms with E-state index in [9.17, 15) is 9.59 Å². The van der Waals surface area contributed by atoms with E-state index < -0.39 is 0 Å². The van der Waals surface area contributed by atoms with Gasteiger partial charge in [0, 0.05) is 22.3 Å². The number of rotatable bonds is 9. The van der Waals surface area contributed by atoms with Gasteiger partial charge in [0.05, 0.1) is 37.3 Å². The molecule has 0 aromatic carbocycles. The van der Waals surface area contributed by atoms with E-state index in [0.717, 1.165) is 27.1 Å². The monoisotopic (exact) mass is 418 g/mol. The maximum atomic E-state index is 12.7. The first-order valence-corrected chi connectivity index (χ1v) is 10.8. The maximum Gasteiger partial charge on any atom is 0.311 e. The van der Waals surface area contributed by atoms with Gasteiger partial charge >= 0.3 is 5.97 Å². The number of esters is 1. The smallest absolute Gasteiger partial charge is 0.311 e. The van der Waals surface area contributed by atoms with Gasteiger partial charge in [0.2, 0.25) is 0 Å². The lowest BCUT2D eigenvalue weighted by Gasteiger charge is -2.07. The molecule has 148 valence electrons. The van der Waals surface area contributed by atoms with Crippen LogP contribution in [-0.4, -0.2) is 33.7 Å². The van der Waals surface area contributed by atoms with E-state index in [1.165, 1.54) is 23.1 Å². The zero-order valence-corrected chi connectivity index (χ0v) is 17.7. The molecule has 6 nitrogen and oxygen atoms in total. The van der Waals surface area contributed by atoms with Gasteiger partial charge in [-0.2, -0.15) is 0 Å². The molecule has 3 rings (SSSR count). The fraction of sp³-hybridized carbons (Fsp3) is 0.350. The molecule has 0 radical (unpaired) electrons. The average molecular weight is 419 g/mol. The molecule has 0 amide bonds. The normalized spacial score (nSPS) is 11.0. The minimum absolute atomic E-state index is 0.0611. The summed E-state index contributed by atoms with van der Waals surface area (Å²) in [5.41, 5.74) is 3.35. The van der Waals surface area contributed by atoms with Crippen LogP contribution < -0.4 is 0 Å². The van der Waals surface area contributed by atoms with Crippen LogP contribution in [0.2, 0.25) is 0 Å². The highest BCUT2D eigenvalue weighted by Crippen LogP contribution is 2.25. The first-order valence-electron chi connectivity index (χ1n) is 8.93. The molecular weight excluding hydrogens is 396 g/mol. The van der Waals surface area contributed by atoms with Gasteiger partial charge in [-0.3, -0.25) is 9.59 Å². The minimum atomic E-state index is -0.288. The number of Topliss-reactive ketones (excluding diaryl/α,β-unsaturated/α-hetero) is 1. The molecule has 0 saturated carbocycles. The number of carbonyl (C=O) groups excluding carboxylic acids is 2. The number of aromatic nitrogens is 2. The number of ketones is 1. The topological polar surface area (TPSA) is 74.3 Å². The number of carbonyl (C=O) groups is 2. The van der Waals surface area contributed by atoms with E-state index in [0.29, 0.717) is 24.6 Å². The summed E-state index contributed by atoms with van der Waals surface area (Å²) in [6, 6.07) is 5.71. The molecule has 0 atom stereocenters. The fourth-order valence-corrected chi connectivity index (χ4v) is 4.61. The Morgan fingerprint density at radius 1 is 1.36 bits per heavy atom. The lowest BCUT2D eigenvalue weighted by molar-refractivity contribution is -0.142. The maximum absolute atomic E-state index is 12.7. The van der Waals surface area contributed by atoms with Crippen molar-refractivity contribution in [2.45, 2.75) is 38.1 Å². The summed E-state index contributed by atoms with van der Waals surface area (Å²) in [5, 5.41) is 1.83. The number of furan rings is 1. The van der Waals surface area contributed by atoms with Crippen LogP contribution >= 0.6 is 23.1 Å². The van der Waals surface area contributed by atoms with Crippen molar-refractivity contribution in [1.82, 2.24) is 9.55 Å². The number of thioether (sulfide) groups is 1. The third-order valence-electron chi connectivity index (χ3n) is 4.26. The summed E-state index contributed by atoms with van der Waals surface area (Å²) in [4.78, 5) is 28.7. The van der Waals surface area contributed by atoms with Gasteiger partial charge in [-0.25, -0.2) is 4.98 Å². The zero-order valence-electron chi connectivity index (χ0n) is 16.1. The Kier molecular flexibility index (Phi) is 6.74. The quantitative estimate of drug-likeness (QED) is 0.293. The molecule has 8 heteroatoms. The lowest BCUT2D eigenvalue weighted by Crippen LogP contribution is -2.08. The van der Waals surface area contributed by atoms with Gasteiger partial charge in [-0.1, -0.05) is 11.8 Å². The SMILES string of the molecule is CCOC(=O)Cc1csc(SCC(=O)c2cc(C)n(Cc3ccco3)c2C)n1. The third-order valence-corrected chi connectivity index (χ3v) is 6.33. The van der Waals surface area contributed by atoms with Gasteiger partial charge in [-0.15, -0.1) is 11.3 Å². The number of thiazole rings is 1. The summed E-state index contributed by atoms with van der Waals surface area (Å²) >= 11 is 2.83. The summed E-state index contributed by atoms with van der Waals surface area (Å²) in [6.07, 6.45) is 1.81. The fourth-order valence-electron chi connectivity index (χ4n) is 2.89. The molecular formula is C20H22N2O4S2. The van der Waals surface area contributed by atoms with Crippen LogP contribution in [0, 0.1) is 13.8 Å². The van der Waals surface area contributed by atoms with E-state index >= 15 is 0 Å². The Morgan fingerprint density at radius 3 is 2.89 bits per heavy atom. The van der Waals surface area contributed by atoms with Crippen LogP contribution in [0.3, 0.4) is 0 Å². The Morgan fingerprint density at radius 2 is 2.18 bits per heavy atom. The third kappa shape index (κ3) is 4.94. The highest BCUT2D eigenvalue weighted by Gasteiger charge is 2.17. The van der Waals surface area contributed by atoms with Crippen molar-refractivity contribution in [3.8, 4) is 0 Å². The summed E-state index contributed by atoms with van der Waals surface area (Å²) < 4.78 is 13.2. The second kappa shape index (κ2) is 9.25. The number of ether oxygens (including phenoxy) is 1. The Balaban J connectivity index is 1.61. The predicted octanol–water partition coefficient (Wildman–Crippen LogP) is 4.28. The highest BCUT2D eigenvalue weighted by atomic mass is 32.2. The first kappa shape index (κ1) is 20.4. The van der Waals surface area contributed by atoms with Crippen LogP contribution in [0.15, 0.2) is 38.6 Å². The van der Waals surface area contributed by atoms with Crippen molar-refractivity contribution in [3.63, 3.8) is 0 Å². The largest absolute Gasteiger partial charge is 0.467 e. The van der Waals surface area contributed by atoms with Gasteiger partial charge in [0.15, 0.2) is 10.1 Å². The van der Waals surface area contributed by atoms with E-state index in [1.54, 1.807) is 13.2 Å². The molecule has 0 aliphatic heterocycles. The lowest BCUT2D eigenvalue weighted by atomic mass is 10.2. The second-order valence-corrected chi connectivity index (χ2v) is 8.33. The predicted molar refractivity (Wildman–Crippen MR) is 109 cm³/mol. The van der Waals surface area contributed by atoms with Crippen molar-refractivity contribution in [2.75, 3.05) is 12.4 Å². The molecule has 3 aromatic heterocycles. The Bertz CT molecular complexity index is 957. The molecule has 0 aliphatic carbocycles. The van der Waals surface area contributed by atoms with Crippen LogP contribution in [0.5, 0.6) is 0 Å². The van der Waals surface area contributed by atoms with Crippen LogP contribution in [0.1, 0.15) is 40.1 Å². The van der Waals surface area contributed by atoms with E-state index in [2.05, 4.69) is 9.55 Å². The molecule has 28 heavy (non-hydrogen) atoms. The van der Waals surface area contributed by atoms with Crippen LogP contribution in [0.25, 0.3) is 0 Å². The summed E-state index contributed by atoms with van der Waals surface area (Å²) in [6.45, 7) is 6.68.